The molecule has 0 saturated carbocycles. The van der Waals surface area contributed by atoms with E-state index < -0.39 is 5.54 Å². The molecule has 7 heteroatoms. The Bertz CT molecular complexity index is 600. The summed E-state index contributed by atoms with van der Waals surface area (Å²) in [6, 6.07) is 5.61. The Morgan fingerprint density at radius 2 is 2.20 bits per heavy atom. The first kappa shape index (κ1) is 14.1. The van der Waals surface area contributed by atoms with Crippen LogP contribution in [0.2, 0.25) is 0 Å². The van der Waals surface area contributed by atoms with E-state index in [0.717, 1.165) is 16.9 Å². The topological polar surface area (TPSA) is 98.7 Å². The number of nitrogens with zero attached hydrogens (tertiary/aromatic N) is 4. The van der Waals surface area contributed by atoms with E-state index in [9.17, 15) is 4.79 Å². The maximum Gasteiger partial charge on any atom is 0.226 e. The lowest BCUT2D eigenvalue weighted by Gasteiger charge is -2.18. The monoisotopic (exact) mass is 274 g/mol. The van der Waals surface area contributed by atoms with Crippen molar-refractivity contribution in [1.82, 2.24) is 20.2 Å². The molecular formula is C13H18N6O. The van der Waals surface area contributed by atoms with Crippen LogP contribution in [0, 0.1) is 6.92 Å². The second-order valence-electron chi connectivity index (χ2n) is 5.47. The molecule has 2 rings (SSSR count). The summed E-state index contributed by atoms with van der Waals surface area (Å²) < 4.78 is 1.53. The summed E-state index contributed by atoms with van der Waals surface area (Å²) in [6.07, 6.45) is 1.75. The molecular weight excluding hydrogens is 256 g/mol. The molecule has 2 aromatic rings. The third-order valence-corrected chi connectivity index (χ3v) is 2.72. The number of nitrogens with one attached hydrogen (secondary N) is 1. The molecule has 1 heterocycles. The average molecular weight is 274 g/mol. The highest BCUT2D eigenvalue weighted by atomic mass is 16.1. The van der Waals surface area contributed by atoms with Gasteiger partial charge >= 0.3 is 0 Å². The van der Waals surface area contributed by atoms with Crippen LogP contribution in [-0.4, -0.2) is 31.7 Å². The Labute approximate surface area is 117 Å². The van der Waals surface area contributed by atoms with Gasteiger partial charge in [-0.1, -0.05) is 6.07 Å². The number of carbonyl (C=O) groups is 1. The molecule has 0 aliphatic heterocycles. The highest BCUT2D eigenvalue weighted by Crippen LogP contribution is 2.19. The number of hydrogen-bond acceptors (Lipinski definition) is 5. The van der Waals surface area contributed by atoms with Crippen molar-refractivity contribution in [3.8, 4) is 5.69 Å². The minimum absolute atomic E-state index is 0.116. The van der Waals surface area contributed by atoms with Crippen molar-refractivity contribution in [2.45, 2.75) is 32.7 Å². The number of aromatic nitrogens is 4. The Morgan fingerprint density at radius 1 is 1.45 bits per heavy atom. The molecule has 0 unspecified atom stereocenters. The van der Waals surface area contributed by atoms with Gasteiger partial charge in [-0.25, -0.2) is 4.68 Å². The molecule has 20 heavy (non-hydrogen) atoms. The fraction of sp³-hybridized carbons (Fsp3) is 0.385. The molecule has 0 radical (unpaired) electrons. The summed E-state index contributed by atoms with van der Waals surface area (Å²) in [5, 5.41) is 13.9. The van der Waals surface area contributed by atoms with Crippen LogP contribution in [0.25, 0.3) is 5.69 Å². The zero-order chi connectivity index (χ0) is 14.8. The minimum atomic E-state index is -0.536. The lowest BCUT2D eigenvalue weighted by atomic mass is 10.0. The molecule has 0 saturated heterocycles. The Hall–Kier alpha value is -2.28. The van der Waals surface area contributed by atoms with Crippen molar-refractivity contribution in [2.24, 2.45) is 5.73 Å². The molecule has 0 fully saturated rings. The first-order valence-corrected chi connectivity index (χ1v) is 6.28. The first-order chi connectivity index (χ1) is 9.35. The van der Waals surface area contributed by atoms with Crippen molar-refractivity contribution in [2.75, 3.05) is 5.32 Å². The predicted molar refractivity (Wildman–Crippen MR) is 75.4 cm³/mol. The molecule has 106 valence electrons. The summed E-state index contributed by atoms with van der Waals surface area (Å²) in [6.45, 7) is 5.56. The Kier molecular flexibility index (Phi) is 3.80. The third kappa shape index (κ3) is 3.61. The fourth-order valence-electron chi connectivity index (χ4n) is 1.77. The third-order valence-electron chi connectivity index (χ3n) is 2.72. The lowest BCUT2D eigenvalue weighted by Crippen LogP contribution is -2.36. The average Bonchev–Trinajstić information content (AvgIpc) is 2.83. The normalized spacial score (nSPS) is 11.4. The molecule has 0 aliphatic carbocycles. The van der Waals surface area contributed by atoms with E-state index in [-0.39, 0.29) is 12.3 Å². The van der Waals surface area contributed by atoms with Gasteiger partial charge in [-0.3, -0.25) is 4.79 Å². The van der Waals surface area contributed by atoms with E-state index in [1.54, 1.807) is 0 Å². The standard InChI is InChI=1S/C13H18N6O/c1-9-4-5-10(19-8-15-17-18-19)6-11(9)16-12(20)7-13(2,3)14/h4-6,8H,7,14H2,1-3H3,(H,16,20). The molecule has 1 amide bonds. The number of carbonyl (C=O) groups excluding carboxylic acids is 1. The molecule has 0 spiro atoms. The van der Waals surface area contributed by atoms with Crippen molar-refractivity contribution in [3.05, 3.63) is 30.1 Å². The van der Waals surface area contributed by atoms with Crippen LogP contribution in [-0.2, 0) is 4.79 Å². The van der Waals surface area contributed by atoms with E-state index in [1.165, 1.54) is 11.0 Å². The van der Waals surface area contributed by atoms with E-state index in [4.69, 9.17) is 5.73 Å². The number of hydrogen-bond donors (Lipinski definition) is 2. The van der Waals surface area contributed by atoms with Gasteiger partial charge in [-0.05, 0) is 48.9 Å². The van der Waals surface area contributed by atoms with E-state index in [2.05, 4.69) is 20.8 Å². The number of amides is 1. The Balaban J connectivity index is 2.19. The highest BCUT2D eigenvalue weighted by molar-refractivity contribution is 5.92. The quantitative estimate of drug-likeness (QED) is 0.867. The number of aryl methyl sites for hydroxylation is 1. The number of anilines is 1. The second-order valence-corrected chi connectivity index (χ2v) is 5.47. The zero-order valence-corrected chi connectivity index (χ0v) is 11.8. The van der Waals surface area contributed by atoms with Crippen LogP contribution < -0.4 is 11.1 Å². The summed E-state index contributed by atoms with van der Waals surface area (Å²) in [4.78, 5) is 11.9. The van der Waals surface area contributed by atoms with E-state index >= 15 is 0 Å². The SMILES string of the molecule is Cc1ccc(-n2cnnn2)cc1NC(=O)CC(C)(C)N. The largest absolute Gasteiger partial charge is 0.326 e. The van der Waals surface area contributed by atoms with Crippen molar-refractivity contribution in [1.29, 1.82) is 0 Å². The van der Waals surface area contributed by atoms with Crippen LogP contribution >= 0.6 is 0 Å². The second kappa shape index (κ2) is 5.38. The van der Waals surface area contributed by atoms with Crippen LogP contribution in [0.3, 0.4) is 0 Å². The first-order valence-electron chi connectivity index (χ1n) is 6.28. The number of tetrazole rings is 1. The van der Waals surface area contributed by atoms with Gasteiger partial charge < -0.3 is 11.1 Å². The molecule has 1 aromatic heterocycles. The lowest BCUT2D eigenvalue weighted by molar-refractivity contribution is -0.117. The molecule has 0 aliphatic rings. The van der Waals surface area contributed by atoms with E-state index in [1.807, 2.05) is 39.0 Å². The minimum Gasteiger partial charge on any atom is -0.326 e. The molecule has 3 N–H and O–H groups in total. The van der Waals surface area contributed by atoms with Gasteiger partial charge in [-0.15, -0.1) is 5.10 Å². The maximum atomic E-state index is 11.9. The number of benzene rings is 1. The number of nitrogens with two attached hydrogens (primary N) is 1. The summed E-state index contributed by atoms with van der Waals surface area (Å²) in [5.74, 6) is -0.116. The maximum absolute atomic E-state index is 11.9. The highest BCUT2D eigenvalue weighted by Gasteiger charge is 2.17. The van der Waals surface area contributed by atoms with Gasteiger partial charge in [-0.2, -0.15) is 0 Å². The van der Waals surface area contributed by atoms with E-state index in [0.29, 0.717) is 0 Å². The zero-order valence-electron chi connectivity index (χ0n) is 11.8. The van der Waals surface area contributed by atoms with Crippen LogP contribution in [0.4, 0.5) is 5.69 Å². The molecule has 7 nitrogen and oxygen atoms in total. The van der Waals surface area contributed by atoms with Crippen molar-refractivity contribution < 1.29 is 4.79 Å². The molecule has 1 aromatic carbocycles. The van der Waals surface area contributed by atoms with Gasteiger partial charge in [0.1, 0.15) is 6.33 Å². The van der Waals surface area contributed by atoms with Crippen molar-refractivity contribution in [3.63, 3.8) is 0 Å². The van der Waals surface area contributed by atoms with Crippen LogP contribution in [0.1, 0.15) is 25.8 Å². The fourth-order valence-corrected chi connectivity index (χ4v) is 1.77. The summed E-state index contributed by atoms with van der Waals surface area (Å²) >= 11 is 0. The van der Waals surface area contributed by atoms with Crippen LogP contribution in [0.15, 0.2) is 24.5 Å². The van der Waals surface area contributed by atoms with Gasteiger partial charge in [0, 0.05) is 17.6 Å². The summed E-state index contributed by atoms with van der Waals surface area (Å²) in [5.41, 5.74) is 7.78. The van der Waals surface area contributed by atoms with Crippen molar-refractivity contribution >= 4 is 11.6 Å². The van der Waals surface area contributed by atoms with Gasteiger partial charge in [0.25, 0.3) is 0 Å². The Morgan fingerprint density at radius 3 is 2.80 bits per heavy atom. The smallest absolute Gasteiger partial charge is 0.226 e. The van der Waals surface area contributed by atoms with Gasteiger partial charge in [0.05, 0.1) is 5.69 Å². The van der Waals surface area contributed by atoms with Gasteiger partial charge in [0.2, 0.25) is 5.91 Å². The predicted octanol–water partition coefficient (Wildman–Crippen LogP) is 1.04. The number of rotatable bonds is 4. The van der Waals surface area contributed by atoms with Gasteiger partial charge in [0.15, 0.2) is 0 Å². The summed E-state index contributed by atoms with van der Waals surface area (Å²) in [7, 11) is 0. The molecule has 0 bridgehead atoms. The van der Waals surface area contributed by atoms with Crippen LogP contribution in [0.5, 0.6) is 0 Å². The molecule has 0 atom stereocenters.